The lowest BCUT2D eigenvalue weighted by Gasteiger charge is -2.03. The molecule has 3 heteroatoms. The number of aromatic nitrogens is 1. The van der Waals surface area contributed by atoms with Crippen LogP contribution < -0.4 is 5.32 Å². The zero-order chi connectivity index (χ0) is 7.40. The molecule has 1 heterocycles. The smallest absolute Gasteiger partial charge is 0.150 e. The van der Waals surface area contributed by atoms with Gasteiger partial charge in [0.05, 0.1) is 12.7 Å². The van der Waals surface area contributed by atoms with E-state index in [-0.39, 0.29) is 0 Å². The van der Waals surface area contributed by atoms with E-state index in [1.165, 1.54) is 0 Å². The van der Waals surface area contributed by atoms with Crippen LogP contribution in [0.15, 0.2) is 16.8 Å². The quantitative estimate of drug-likeness (QED) is 0.685. The third-order valence-corrected chi connectivity index (χ3v) is 1.18. The van der Waals surface area contributed by atoms with Gasteiger partial charge < -0.3 is 9.84 Å². The predicted octanol–water partition coefficient (Wildman–Crippen LogP) is 1.17. The molecule has 1 rings (SSSR count). The van der Waals surface area contributed by atoms with Gasteiger partial charge in [-0.1, -0.05) is 19.0 Å². The summed E-state index contributed by atoms with van der Waals surface area (Å²) in [5.74, 6) is 0.883. The van der Waals surface area contributed by atoms with Gasteiger partial charge in [-0.3, -0.25) is 0 Å². The molecule has 0 aliphatic rings. The molecule has 0 radical (unpaired) electrons. The van der Waals surface area contributed by atoms with Gasteiger partial charge in [-0.05, 0) is 0 Å². The Labute approximate surface area is 60.4 Å². The van der Waals surface area contributed by atoms with E-state index in [0.29, 0.717) is 6.04 Å². The summed E-state index contributed by atoms with van der Waals surface area (Å²) in [6.07, 6.45) is 1.65. The van der Waals surface area contributed by atoms with Crippen LogP contribution in [-0.2, 0) is 6.54 Å². The SMILES string of the molecule is CC(C)NCc1ccno1. The van der Waals surface area contributed by atoms with Crippen molar-refractivity contribution in [2.45, 2.75) is 26.4 Å². The van der Waals surface area contributed by atoms with Crippen LogP contribution in [0.3, 0.4) is 0 Å². The van der Waals surface area contributed by atoms with Crippen LogP contribution in [0.25, 0.3) is 0 Å². The summed E-state index contributed by atoms with van der Waals surface area (Å²) in [4.78, 5) is 0. The van der Waals surface area contributed by atoms with E-state index in [0.717, 1.165) is 12.3 Å². The lowest BCUT2D eigenvalue weighted by atomic mass is 10.3. The number of hydrogen-bond donors (Lipinski definition) is 1. The highest BCUT2D eigenvalue weighted by Crippen LogP contribution is 1.95. The van der Waals surface area contributed by atoms with Crippen LogP contribution in [0.4, 0.5) is 0 Å². The summed E-state index contributed by atoms with van der Waals surface area (Å²) in [7, 11) is 0. The minimum atomic E-state index is 0.491. The molecule has 0 aliphatic carbocycles. The lowest BCUT2D eigenvalue weighted by molar-refractivity contribution is 0.367. The number of hydrogen-bond acceptors (Lipinski definition) is 3. The molecule has 0 unspecified atom stereocenters. The van der Waals surface area contributed by atoms with E-state index in [1.807, 2.05) is 6.07 Å². The number of rotatable bonds is 3. The second kappa shape index (κ2) is 3.37. The Bertz CT molecular complexity index is 170. The van der Waals surface area contributed by atoms with Crippen LogP contribution in [0.1, 0.15) is 19.6 Å². The Kier molecular flexibility index (Phi) is 2.45. The monoisotopic (exact) mass is 140 g/mol. The molecular formula is C7H12N2O. The average Bonchev–Trinajstić information content (AvgIpc) is 2.34. The second-order valence-corrected chi connectivity index (χ2v) is 2.51. The molecule has 0 fully saturated rings. The van der Waals surface area contributed by atoms with Gasteiger partial charge in [0.2, 0.25) is 0 Å². The van der Waals surface area contributed by atoms with Crippen LogP contribution in [0.5, 0.6) is 0 Å². The normalized spacial score (nSPS) is 10.7. The van der Waals surface area contributed by atoms with Gasteiger partial charge in [0, 0.05) is 12.1 Å². The van der Waals surface area contributed by atoms with Gasteiger partial charge in [-0.15, -0.1) is 0 Å². The van der Waals surface area contributed by atoms with E-state index in [4.69, 9.17) is 4.52 Å². The molecule has 0 amide bonds. The summed E-state index contributed by atoms with van der Waals surface area (Å²) in [5, 5.41) is 6.80. The van der Waals surface area contributed by atoms with Gasteiger partial charge in [0.25, 0.3) is 0 Å². The van der Waals surface area contributed by atoms with Crippen molar-refractivity contribution < 1.29 is 4.52 Å². The second-order valence-electron chi connectivity index (χ2n) is 2.51. The molecule has 0 aromatic carbocycles. The fourth-order valence-electron chi connectivity index (χ4n) is 0.638. The molecule has 1 aromatic rings. The molecule has 56 valence electrons. The number of nitrogens with zero attached hydrogens (tertiary/aromatic N) is 1. The fourth-order valence-corrected chi connectivity index (χ4v) is 0.638. The molecule has 0 saturated carbocycles. The average molecular weight is 140 g/mol. The van der Waals surface area contributed by atoms with Crippen molar-refractivity contribution in [3.63, 3.8) is 0 Å². The highest BCUT2D eigenvalue weighted by Gasteiger charge is 1.96. The molecule has 0 aliphatic heterocycles. The Morgan fingerprint density at radius 2 is 2.50 bits per heavy atom. The molecule has 0 bridgehead atoms. The van der Waals surface area contributed by atoms with Crippen molar-refractivity contribution in [3.8, 4) is 0 Å². The van der Waals surface area contributed by atoms with Crippen molar-refractivity contribution in [2.75, 3.05) is 0 Å². The summed E-state index contributed by atoms with van der Waals surface area (Å²) in [5.41, 5.74) is 0. The predicted molar refractivity (Wildman–Crippen MR) is 38.5 cm³/mol. The Morgan fingerprint density at radius 3 is 3.00 bits per heavy atom. The first-order valence-electron chi connectivity index (χ1n) is 3.42. The summed E-state index contributed by atoms with van der Waals surface area (Å²) in [6, 6.07) is 2.35. The van der Waals surface area contributed by atoms with Crippen molar-refractivity contribution in [1.29, 1.82) is 0 Å². The minimum absolute atomic E-state index is 0.491. The largest absolute Gasteiger partial charge is 0.360 e. The summed E-state index contributed by atoms with van der Waals surface area (Å²) < 4.78 is 4.87. The zero-order valence-corrected chi connectivity index (χ0v) is 6.29. The Balaban J connectivity index is 2.28. The first kappa shape index (κ1) is 7.28. The van der Waals surface area contributed by atoms with E-state index >= 15 is 0 Å². The van der Waals surface area contributed by atoms with Crippen LogP contribution in [0, 0.1) is 0 Å². The molecule has 1 N–H and O–H groups in total. The first-order valence-corrected chi connectivity index (χ1v) is 3.42. The van der Waals surface area contributed by atoms with E-state index in [9.17, 15) is 0 Å². The van der Waals surface area contributed by atoms with Crippen molar-refractivity contribution in [1.82, 2.24) is 10.5 Å². The minimum Gasteiger partial charge on any atom is -0.360 e. The lowest BCUT2D eigenvalue weighted by Crippen LogP contribution is -2.21. The third-order valence-electron chi connectivity index (χ3n) is 1.18. The summed E-state index contributed by atoms with van der Waals surface area (Å²) in [6.45, 7) is 4.95. The highest BCUT2D eigenvalue weighted by molar-refractivity contribution is 4.91. The maximum absolute atomic E-state index is 4.87. The molecule has 1 aromatic heterocycles. The maximum atomic E-state index is 4.87. The van der Waals surface area contributed by atoms with Gasteiger partial charge in [0.1, 0.15) is 5.76 Å². The summed E-state index contributed by atoms with van der Waals surface area (Å²) >= 11 is 0. The third kappa shape index (κ3) is 2.19. The molecule has 10 heavy (non-hydrogen) atoms. The highest BCUT2D eigenvalue weighted by atomic mass is 16.5. The molecule has 3 nitrogen and oxygen atoms in total. The van der Waals surface area contributed by atoms with E-state index in [1.54, 1.807) is 6.20 Å². The molecular weight excluding hydrogens is 128 g/mol. The van der Waals surface area contributed by atoms with Gasteiger partial charge in [-0.25, -0.2) is 0 Å². The standard InChI is InChI=1S/C7H12N2O/c1-6(2)8-5-7-3-4-9-10-7/h3-4,6,8H,5H2,1-2H3. The van der Waals surface area contributed by atoms with Crippen LogP contribution >= 0.6 is 0 Å². The molecule has 0 saturated heterocycles. The van der Waals surface area contributed by atoms with Gasteiger partial charge >= 0.3 is 0 Å². The maximum Gasteiger partial charge on any atom is 0.150 e. The molecule has 0 atom stereocenters. The first-order chi connectivity index (χ1) is 4.79. The van der Waals surface area contributed by atoms with Crippen molar-refractivity contribution >= 4 is 0 Å². The van der Waals surface area contributed by atoms with Crippen molar-refractivity contribution in [3.05, 3.63) is 18.0 Å². The van der Waals surface area contributed by atoms with Crippen LogP contribution in [-0.4, -0.2) is 11.2 Å². The van der Waals surface area contributed by atoms with Gasteiger partial charge in [0.15, 0.2) is 0 Å². The van der Waals surface area contributed by atoms with Gasteiger partial charge in [-0.2, -0.15) is 0 Å². The Hall–Kier alpha value is -0.830. The fraction of sp³-hybridized carbons (Fsp3) is 0.571. The van der Waals surface area contributed by atoms with E-state index < -0.39 is 0 Å². The number of nitrogens with one attached hydrogen (secondary N) is 1. The van der Waals surface area contributed by atoms with Crippen LogP contribution in [0.2, 0.25) is 0 Å². The zero-order valence-electron chi connectivity index (χ0n) is 6.29. The molecule has 0 spiro atoms. The Morgan fingerprint density at radius 1 is 1.70 bits per heavy atom. The van der Waals surface area contributed by atoms with E-state index in [2.05, 4.69) is 24.3 Å². The van der Waals surface area contributed by atoms with Crippen molar-refractivity contribution in [2.24, 2.45) is 0 Å². The topological polar surface area (TPSA) is 38.1 Å².